The molecule has 29 heavy (non-hydrogen) atoms. The molecule has 3 rings (SSSR count). The molecule has 0 aliphatic rings. The number of rotatable bonds is 6. The monoisotopic (exact) mass is 406 g/mol. The second-order valence-corrected chi connectivity index (χ2v) is 9.25. The van der Waals surface area contributed by atoms with Crippen molar-refractivity contribution in [3.63, 3.8) is 0 Å². The molecular formula is C24H26N2O2S. The van der Waals surface area contributed by atoms with E-state index in [2.05, 4.69) is 16.0 Å². The summed E-state index contributed by atoms with van der Waals surface area (Å²) in [5.41, 5.74) is 4.32. The molecule has 2 aromatic carbocycles. The molecule has 0 saturated carbocycles. The van der Waals surface area contributed by atoms with Crippen LogP contribution >= 0.6 is 0 Å². The molecule has 0 aliphatic carbocycles. The van der Waals surface area contributed by atoms with E-state index in [0.717, 1.165) is 38.5 Å². The third-order valence-corrected chi connectivity index (χ3v) is 6.22. The number of hydrogen-bond acceptors (Lipinski definition) is 4. The van der Waals surface area contributed by atoms with E-state index >= 15 is 0 Å². The van der Waals surface area contributed by atoms with Crippen LogP contribution in [0.3, 0.4) is 0 Å². The summed E-state index contributed by atoms with van der Waals surface area (Å²) in [6, 6.07) is 13.6. The second kappa shape index (κ2) is 8.47. The minimum absolute atomic E-state index is 0.131. The molecule has 0 amide bonds. The van der Waals surface area contributed by atoms with Gasteiger partial charge in [-0.05, 0) is 73.3 Å². The topological polar surface area (TPSA) is 65.9 Å². The first-order valence-electron chi connectivity index (χ1n) is 9.54. The Labute approximate surface area is 175 Å². The van der Waals surface area contributed by atoms with E-state index in [1.807, 2.05) is 76.5 Å². The number of ketones is 1. The number of aromatic nitrogens is 2. The van der Waals surface area contributed by atoms with Crippen molar-refractivity contribution < 1.29 is 9.35 Å². The lowest BCUT2D eigenvalue weighted by Crippen LogP contribution is -2.31. The van der Waals surface area contributed by atoms with Gasteiger partial charge >= 0.3 is 0 Å². The Morgan fingerprint density at radius 1 is 1.03 bits per heavy atom. The van der Waals surface area contributed by atoms with Crippen LogP contribution < -0.4 is 0 Å². The summed E-state index contributed by atoms with van der Waals surface area (Å²) in [5, 5.41) is 0. The maximum absolute atomic E-state index is 13.2. The van der Waals surface area contributed by atoms with Gasteiger partial charge in [-0.3, -0.25) is 4.79 Å². The van der Waals surface area contributed by atoms with Crippen LogP contribution in [0, 0.1) is 13.8 Å². The van der Waals surface area contributed by atoms with E-state index in [1.54, 1.807) is 6.26 Å². The molecule has 1 aromatic heterocycles. The molecular weight excluding hydrogens is 380 g/mol. The molecule has 0 bridgehead atoms. The second-order valence-electron chi connectivity index (χ2n) is 7.88. The normalized spacial score (nSPS) is 12.6. The Balaban J connectivity index is 1.85. The molecule has 3 aromatic rings. The lowest BCUT2D eigenvalue weighted by atomic mass is 9.76. The van der Waals surface area contributed by atoms with Gasteiger partial charge in [0.2, 0.25) is 0 Å². The molecule has 4 nitrogen and oxygen atoms in total. The average molecular weight is 407 g/mol. The number of benzene rings is 2. The number of carbonyl (C=O) groups is 1. The van der Waals surface area contributed by atoms with Gasteiger partial charge in [0.25, 0.3) is 0 Å². The SMILES string of the molecule is Cc1ncc(-c2ccc(C(C)(C)C(=O)Cc3cccc([S+](C)[O-])c3)c(C)c2)cn1. The predicted molar refractivity (Wildman–Crippen MR) is 117 cm³/mol. The Morgan fingerprint density at radius 2 is 1.72 bits per heavy atom. The van der Waals surface area contributed by atoms with Gasteiger partial charge in [0, 0.05) is 29.8 Å². The summed E-state index contributed by atoms with van der Waals surface area (Å²) in [4.78, 5) is 22.4. The van der Waals surface area contributed by atoms with Crippen LogP contribution in [0.25, 0.3) is 11.1 Å². The Bertz CT molecular complexity index is 1030. The highest BCUT2D eigenvalue weighted by molar-refractivity contribution is 7.90. The first-order chi connectivity index (χ1) is 13.7. The van der Waals surface area contributed by atoms with Crippen molar-refractivity contribution in [2.75, 3.05) is 6.26 Å². The number of carbonyl (C=O) groups excluding carboxylic acids is 1. The molecule has 0 aliphatic heterocycles. The summed E-state index contributed by atoms with van der Waals surface area (Å²) in [7, 11) is 0. The van der Waals surface area contributed by atoms with Crippen molar-refractivity contribution in [2.24, 2.45) is 0 Å². The van der Waals surface area contributed by atoms with E-state index in [0.29, 0.717) is 6.42 Å². The molecule has 0 radical (unpaired) electrons. The van der Waals surface area contributed by atoms with Gasteiger partial charge in [-0.15, -0.1) is 0 Å². The summed E-state index contributed by atoms with van der Waals surface area (Å²) in [6.45, 7) is 7.83. The lowest BCUT2D eigenvalue weighted by molar-refractivity contribution is -0.122. The fourth-order valence-corrected chi connectivity index (χ4v) is 4.06. The van der Waals surface area contributed by atoms with Gasteiger partial charge < -0.3 is 4.55 Å². The summed E-state index contributed by atoms with van der Waals surface area (Å²) in [6.07, 6.45) is 5.59. The fraction of sp³-hybridized carbons (Fsp3) is 0.292. The Morgan fingerprint density at radius 3 is 2.34 bits per heavy atom. The molecule has 1 unspecified atom stereocenters. The highest BCUT2D eigenvalue weighted by Gasteiger charge is 2.31. The zero-order chi connectivity index (χ0) is 21.2. The van der Waals surface area contributed by atoms with Crippen molar-refractivity contribution in [3.8, 4) is 11.1 Å². The van der Waals surface area contributed by atoms with Crippen molar-refractivity contribution in [2.45, 2.75) is 44.4 Å². The van der Waals surface area contributed by atoms with Crippen LogP contribution in [-0.4, -0.2) is 26.6 Å². The largest absolute Gasteiger partial charge is 0.612 e. The number of aryl methyl sites for hydroxylation is 2. The Kier molecular flexibility index (Phi) is 6.20. The van der Waals surface area contributed by atoms with Crippen LogP contribution in [0.5, 0.6) is 0 Å². The molecule has 150 valence electrons. The fourth-order valence-electron chi connectivity index (χ4n) is 3.48. The number of Topliss-reactive ketones (excluding diaryl/α,β-unsaturated/α-hetero) is 1. The van der Waals surface area contributed by atoms with Gasteiger partial charge in [-0.25, -0.2) is 9.97 Å². The zero-order valence-corrected chi connectivity index (χ0v) is 18.3. The van der Waals surface area contributed by atoms with E-state index in [4.69, 9.17) is 0 Å². The Hall–Kier alpha value is -2.50. The zero-order valence-electron chi connectivity index (χ0n) is 17.5. The lowest BCUT2D eigenvalue weighted by Gasteiger charge is -2.26. The van der Waals surface area contributed by atoms with Gasteiger partial charge in [0.1, 0.15) is 17.9 Å². The van der Waals surface area contributed by atoms with E-state index < -0.39 is 16.6 Å². The molecule has 0 N–H and O–H groups in total. The first-order valence-corrected chi connectivity index (χ1v) is 11.1. The molecule has 0 spiro atoms. The molecule has 0 fully saturated rings. The first kappa shape index (κ1) is 21.2. The van der Waals surface area contributed by atoms with E-state index in [1.165, 1.54) is 0 Å². The van der Waals surface area contributed by atoms with Crippen LogP contribution in [0.4, 0.5) is 0 Å². The van der Waals surface area contributed by atoms with Crippen molar-refractivity contribution in [3.05, 3.63) is 77.4 Å². The minimum Gasteiger partial charge on any atom is -0.612 e. The average Bonchev–Trinajstić information content (AvgIpc) is 2.68. The summed E-state index contributed by atoms with van der Waals surface area (Å²) >= 11 is -1.06. The highest BCUT2D eigenvalue weighted by Crippen LogP contribution is 2.31. The minimum atomic E-state index is -1.06. The van der Waals surface area contributed by atoms with Crippen molar-refractivity contribution >= 4 is 17.0 Å². The van der Waals surface area contributed by atoms with Gasteiger partial charge in [0.05, 0.1) is 0 Å². The van der Waals surface area contributed by atoms with Gasteiger partial charge in [-0.1, -0.05) is 30.3 Å². The van der Waals surface area contributed by atoms with Crippen LogP contribution in [-0.2, 0) is 27.8 Å². The van der Waals surface area contributed by atoms with Crippen LogP contribution in [0.1, 0.15) is 36.4 Å². The van der Waals surface area contributed by atoms with E-state index in [9.17, 15) is 9.35 Å². The predicted octanol–water partition coefficient (Wildman–Crippen LogP) is 4.59. The third kappa shape index (κ3) is 4.74. The maximum atomic E-state index is 13.2. The standard InChI is InChI=1S/C24H26N2O2S/c1-16-11-19(20-14-25-17(2)26-15-20)9-10-22(16)24(3,4)23(27)13-18-7-6-8-21(12-18)29(5)28/h6-12,14-15H,13H2,1-5H3. The van der Waals surface area contributed by atoms with Crippen molar-refractivity contribution in [1.82, 2.24) is 9.97 Å². The number of nitrogens with zero attached hydrogens (tertiary/aromatic N) is 2. The van der Waals surface area contributed by atoms with Gasteiger partial charge in [-0.2, -0.15) is 0 Å². The quantitative estimate of drug-likeness (QED) is 0.562. The van der Waals surface area contributed by atoms with Crippen LogP contribution in [0.15, 0.2) is 59.8 Å². The number of hydrogen-bond donors (Lipinski definition) is 0. The maximum Gasteiger partial charge on any atom is 0.152 e. The highest BCUT2D eigenvalue weighted by atomic mass is 32.2. The summed E-state index contributed by atoms with van der Waals surface area (Å²) in [5.74, 6) is 0.871. The molecule has 5 heteroatoms. The third-order valence-electron chi connectivity index (χ3n) is 5.31. The summed E-state index contributed by atoms with van der Waals surface area (Å²) < 4.78 is 11.7. The van der Waals surface area contributed by atoms with E-state index in [-0.39, 0.29) is 5.78 Å². The van der Waals surface area contributed by atoms with Gasteiger partial charge in [0.15, 0.2) is 4.90 Å². The molecule has 1 heterocycles. The van der Waals surface area contributed by atoms with Crippen LogP contribution in [0.2, 0.25) is 0 Å². The van der Waals surface area contributed by atoms with Crippen molar-refractivity contribution in [1.29, 1.82) is 0 Å². The smallest absolute Gasteiger partial charge is 0.152 e. The molecule has 0 saturated heterocycles. The molecule has 1 atom stereocenters.